The van der Waals surface area contributed by atoms with Crippen LogP contribution in [0, 0.1) is 0 Å². The number of halogens is 3. The van der Waals surface area contributed by atoms with E-state index in [1.807, 2.05) is 24.3 Å². The molecule has 0 aliphatic carbocycles. The lowest BCUT2D eigenvalue weighted by Gasteiger charge is -2.10. The highest BCUT2D eigenvalue weighted by Crippen LogP contribution is 2.23. The first kappa shape index (κ1) is 14.6. The van der Waals surface area contributed by atoms with Crippen LogP contribution in [-0.4, -0.2) is 17.8 Å². The SMILES string of the molecule is NCc1cc(OCCCC(F)(F)F)nc2ccccc12. The summed E-state index contributed by atoms with van der Waals surface area (Å²) in [6.45, 7) is 0.302. The van der Waals surface area contributed by atoms with Crippen LogP contribution in [0.1, 0.15) is 18.4 Å². The Labute approximate surface area is 114 Å². The molecule has 1 aromatic carbocycles. The maximum atomic E-state index is 12.0. The number of para-hydroxylation sites is 1. The summed E-state index contributed by atoms with van der Waals surface area (Å²) in [5.41, 5.74) is 7.25. The summed E-state index contributed by atoms with van der Waals surface area (Å²) >= 11 is 0. The normalized spacial score (nSPS) is 11.8. The quantitative estimate of drug-likeness (QED) is 0.856. The zero-order valence-electron chi connectivity index (χ0n) is 10.8. The predicted octanol–water partition coefficient (Wildman–Crippen LogP) is 3.41. The third-order valence-electron chi connectivity index (χ3n) is 2.85. The average molecular weight is 284 g/mol. The van der Waals surface area contributed by atoms with Gasteiger partial charge in [-0.05, 0) is 18.1 Å². The molecule has 0 saturated heterocycles. The summed E-state index contributed by atoms with van der Waals surface area (Å²) < 4.78 is 41.3. The Morgan fingerprint density at radius 1 is 1.20 bits per heavy atom. The van der Waals surface area contributed by atoms with Crippen LogP contribution in [0.3, 0.4) is 0 Å². The van der Waals surface area contributed by atoms with Crippen molar-refractivity contribution in [2.45, 2.75) is 25.6 Å². The highest BCUT2D eigenvalue weighted by atomic mass is 19.4. The molecule has 1 aromatic heterocycles. The van der Waals surface area contributed by atoms with E-state index in [1.165, 1.54) is 0 Å². The lowest BCUT2D eigenvalue weighted by Crippen LogP contribution is -2.10. The van der Waals surface area contributed by atoms with Gasteiger partial charge in [0.1, 0.15) is 0 Å². The van der Waals surface area contributed by atoms with Gasteiger partial charge in [-0.2, -0.15) is 13.2 Å². The number of rotatable bonds is 5. The molecule has 0 aliphatic rings. The van der Waals surface area contributed by atoms with E-state index in [0.29, 0.717) is 12.4 Å². The second kappa shape index (κ2) is 6.09. The molecule has 108 valence electrons. The van der Waals surface area contributed by atoms with E-state index in [2.05, 4.69) is 4.98 Å². The smallest absolute Gasteiger partial charge is 0.389 e. The molecule has 0 saturated carbocycles. The monoisotopic (exact) mass is 284 g/mol. The number of hydrogen-bond donors (Lipinski definition) is 1. The molecule has 1 heterocycles. The van der Waals surface area contributed by atoms with Crippen LogP contribution < -0.4 is 10.5 Å². The molecular weight excluding hydrogens is 269 g/mol. The zero-order chi connectivity index (χ0) is 14.6. The lowest BCUT2D eigenvalue weighted by molar-refractivity contribution is -0.136. The van der Waals surface area contributed by atoms with Gasteiger partial charge >= 0.3 is 6.18 Å². The van der Waals surface area contributed by atoms with Crippen LogP contribution in [0.2, 0.25) is 0 Å². The summed E-state index contributed by atoms with van der Waals surface area (Å²) in [4.78, 5) is 4.26. The van der Waals surface area contributed by atoms with Gasteiger partial charge in [0.15, 0.2) is 0 Å². The van der Waals surface area contributed by atoms with E-state index >= 15 is 0 Å². The number of alkyl halides is 3. The molecule has 0 unspecified atom stereocenters. The van der Waals surface area contributed by atoms with Crippen LogP contribution in [-0.2, 0) is 6.54 Å². The molecule has 2 aromatic rings. The Kier molecular flexibility index (Phi) is 4.44. The van der Waals surface area contributed by atoms with Gasteiger partial charge in [-0.3, -0.25) is 0 Å². The van der Waals surface area contributed by atoms with E-state index in [4.69, 9.17) is 10.5 Å². The summed E-state index contributed by atoms with van der Waals surface area (Å²) in [6, 6.07) is 9.11. The van der Waals surface area contributed by atoms with E-state index in [1.54, 1.807) is 6.07 Å². The first-order chi connectivity index (χ1) is 9.49. The van der Waals surface area contributed by atoms with E-state index in [0.717, 1.165) is 16.5 Å². The van der Waals surface area contributed by atoms with Gasteiger partial charge in [0, 0.05) is 24.4 Å². The van der Waals surface area contributed by atoms with Gasteiger partial charge in [-0.25, -0.2) is 4.98 Å². The van der Waals surface area contributed by atoms with Crippen LogP contribution in [0.15, 0.2) is 30.3 Å². The minimum atomic E-state index is -4.15. The van der Waals surface area contributed by atoms with Crippen molar-refractivity contribution in [3.63, 3.8) is 0 Å². The van der Waals surface area contributed by atoms with Crippen molar-refractivity contribution in [1.82, 2.24) is 4.98 Å². The van der Waals surface area contributed by atoms with Gasteiger partial charge in [-0.1, -0.05) is 18.2 Å². The number of nitrogens with zero attached hydrogens (tertiary/aromatic N) is 1. The van der Waals surface area contributed by atoms with Gasteiger partial charge in [0.25, 0.3) is 0 Å². The first-order valence-electron chi connectivity index (χ1n) is 6.28. The topological polar surface area (TPSA) is 48.1 Å². The Balaban J connectivity index is 2.07. The Hall–Kier alpha value is -1.82. The first-order valence-corrected chi connectivity index (χ1v) is 6.28. The fraction of sp³-hybridized carbons (Fsp3) is 0.357. The minimum absolute atomic E-state index is 0.0190. The predicted molar refractivity (Wildman–Crippen MR) is 70.4 cm³/mol. The number of ether oxygens (including phenoxy) is 1. The van der Waals surface area contributed by atoms with Crippen LogP contribution in [0.25, 0.3) is 10.9 Å². The number of pyridine rings is 1. The molecule has 3 nitrogen and oxygen atoms in total. The molecule has 0 spiro atoms. The van der Waals surface area contributed by atoms with Crippen molar-refractivity contribution in [3.8, 4) is 5.88 Å². The van der Waals surface area contributed by atoms with Gasteiger partial charge in [-0.15, -0.1) is 0 Å². The van der Waals surface area contributed by atoms with Crippen LogP contribution in [0.5, 0.6) is 5.88 Å². The van der Waals surface area contributed by atoms with Crippen molar-refractivity contribution < 1.29 is 17.9 Å². The molecule has 0 amide bonds. The van der Waals surface area contributed by atoms with Crippen molar-refractivity contribution >= 4 is 10.9 Å². The Morgan fingerprint density at radius 2 is 1.95 bits per heavy atom. The van der Waals surface area contributed by atoms with Crippen LogP contribution >= 0.6 is 0 Å². The summed E-state index contributed by atoms with van der Waals surface area (Å²) in [6.07, 6.45) is -5.09. The second-order valence-electron chi connectivity index (χ2n) is 4.41. The largest absolute Gasteiger partial charge is 0.478 e. The van der Waals surface area contributed by atoms with Gasteiger partial charge in [0.05, 0.1) is 12.1 Å². The molecule has 0 atom stereocenters. The van der Waals surface area contributed by atoms with E-state index < -0.39 is 12.6 Å². The zero-order valence-corrected chi connectivity index (χ0v) is 10.8. The molecule has 0 bridgehead atoms. The number of aromatic nitrogens is 1. The fourth-order valence-corrected chi connectivity index (χ4v) is 1.91. The highest BCUT2D eigenvalue weighted by molar-refractivity contribution is 5.82. The molecule has 2 N–H and O–H groups in total. The minimum Gasteiger partial charge on any atom is -0.478 e. The molecule has 6 heteroatoms. The molecular formula is C14H15F3N2O. The Morgan fingerprint density at radius 3 is 2.65 bits per heavy atom. The summed E-state index contributed by atoms with van der Waals surface area (Å²) in [7, 11) is 0. The molecule has 20 heavy (non-hydrogen) atoms. The second-order valence-corrected chi connectivity index (χ2v) is 4.41. The standard InChI is InChI=1S/C14H15F3N2O/c15-14(16,17)6-3-7-20-13-8-10(9-18)11-4-1-2-5-12(11)19-13/h1-2,4-5,8H,3,6-7,9,18H2. The van der Waals surface area contributed by atoms with E-state index in [9.17, 15) is 13.2 Å². The van der Waals surface area contributed by atoms with Crippen molar-refractivity contribution in [2.75, 3.05) is 6.61 Å². The maximum absolute atomic E-state index is 12.0. The molecule has 0 aliphatic heterocycles. The summed E-state index contributed by atoms with van der Waals surface area (Å²) in [5.74, 6) is 0.311. The maximum Gasteiger partial charge on any atom is 0.389 e. The molecule has 2 rings (SSSR count). The number of nitrogens with two attached hydrogens (primary N) is 1. The number of fused-ring (bicyclic) bond motifs is 1. The van der Waals surface area contributed by atoms with Crippen LogP contribution in [0.4, 0.5) is 13.2 Å². The van der Waals surface area contributed by atoms with Gasteiger partial charge < -0.3 is 10.5 Å². The van der Waals surface area contributed by atoms with Crippen molar-refractivity contribution in [1.29, 1.82) is 0 Å². The van der Waals surface area contributed by atoms with Gasteiger partial charge in [0.2, 0.25) is 5.88 Å². The van der Waals surface area contributed by atoms with Crippen molar-refractivity contribution in [2.24, 2.45) is 5.73 Å². The number of hydrogen-bond acceptors (Lipinski definition) is 3. The third-order valence-corrected chi connectivity index (χ3v) is 2.85. The lowest BCUT2D eigenvalue weighted by atomic mass is 10.1. The van der Waals surface area contributed by atoms with Crippen molar-refractivity contribution in [3.05, 3.63) is 35.9 Å². The highest BCUT2D eigenvalue weighted by Gasteiger charge is 2.26. The Bertz CT molecular complexity index is 584. The number of benzene rings is 1. The fourth-order valence-electron chi connectivity index (χ4n) is 1.91. The third kappa shape index (κ3) is 3.84. The summed E-state index contributed by atoms with van der Waals surface area (Å²) in [5, 5.41) is 0.928. The molecule has 0 fully saturated rings. The molecule has 0 radical (unpaired) electrons. The average Bonchev–Trinajstić information content (AvgIpc) is 2.41. The van der Waals surface area contributed by atoms with E-state index in [-0.39, 0.29) is 13.0 Å².